The van der Waals surface area contributed by atoms with Crippen LogP contribution in [0.1, 0.15) is 25.0 Å². The van der Waals surface area contributed by atoms with E-state index in [-0.39, 0.29) is 18.6 Å². The molecular weight excluding hydrogens is 333 g/mol. The highest BCUT2D eigenvalue weighted by atomic mass is 19.4. The maximum Gasteiger partial charge on any atom is 0.471 e. The number of piperazine rings is 1. The van der Waals surface area contributed by atoms with Crippen molar-refractivity contribution in [2.24, 2.45) is 0 Å². The fourth-order valence-corrected chi connectivity index (χ4v) is 3.21. The molecule has 0 bridgehead atoms. The zero-order valence-electron chi connectivity index (χ0n) is 14.9. The van der Waals surface area contributed by atoms with Gasteiger partial charge in [0.15, 0.2) is 0 Å². The van der Waals surface area contributed by atoms with Crippen molar-refractivity contribution in [1.29, 1.82) is 0 Å². The Labute approximate surface area is 146 Å². The highest BCUT2D eigenvalue weighted by Crippen LogP contribution is 2.37. The zero-order valence-corrected chi connectivity index (χ0v) is 14.9. The summed E-state index contributed by atoms with van der Waals surface area (Å²) >= 11 is 0. The summed E-state index contributed by atoms with van der Waals surface area (Å²) < 4.78 is 43.0. The largest absolute Gasteiger partial charge is 0.471 e. The number of alkyl halides is 3. The molecule has 0 unspecified atom stereocenters. The van der Waals surface area contributed by atoms with Gasteiger partial charge in [0.2, 0.25) is 0 Å². The first-order chi connectivity index (χ1) is 11.8. The lowest BCUT2D eigenvalue weighted by Gasteiger charge is -2.52. The Morgan fingerprint density at radius 1 is 1.04 bits per heavy atom. The van der Waals surface area contributed by atoms with Gasteiger partial charge in [0.1, 0.15) is 0 Å². The highest BCUT2D eigenvalue weighted by Gasteiger charge is 2.48. The van der Waals surface area contributed by atoms with Crippen molar-refractivity contribution in [3.63, 3.8) is 0 Å². The van der Waals surface area contributed by atoms with Gasteiger partial charge in [-0.2, -0.15) is 13.2 Å². The van der Waals surface area contributed by atoms with E-state index in [0.717, 1.165) is 16.0 Å². The van der Waals surface area contributed by atoms with Gasteiger partial charge in [-0.3, -0.25) is 9.69 Å². The lowest BCUT2D eigenvalue weighted by atomic mass is 9.85. The normalized spacial score (nSPS) is 20.3. The van der Waals surface area contributed by atoms with E-state index in [4.69, 9.17) is 4.74 Å². The minimum atomic E-state index is -4.80. The molecule has 0 N–H and O–H groups in total. The summed E-state index contributed by atoms with van der Waals surface area (Å²) in [5.41, 5.74) is 2.00. The van der Waals surface area contributed by atoms with E-state index in [0.29, 0.717) is 26.3 Å². The molecule has 2 fully saturated rings. The quantitative estimate of drug-likeness (QED) is 0.815. The first-order valence-electron chi connectivity index (χ1n) is 8.59. The molecule has 2 aliphatic heterocycles. The topological polar surface area (TPSA) is 32.8 Å². The van der Waals surface area contributed by atoms with Crippen LogP contribution >= 0.6 is 0 Å². The van der Waals surface area contributed by atoms with Crippen molar-refractivity contribution in [3.8, 4) is 0 Å². The third-order valence-electron chi connectivity index (χ3n) is 4.69. The Bertz CT molecular complexity index is 575. The minimum Gasteiger partial charge on any atom is -0.377 e. The third kappa shape index (κ3) is 3.98. The fraction of sp³-hybridized carbons (Fsp3) is 0.611. The van der Waals surface area contributed by atoms with Crippen molar-refractivity contribution in [1.82, 2.24) is 9.80 Å². The monoisotopic (exact) mass is 358 g/mol. The molecular formula is C18H25F3N2O2. The van der Waals surface area contributed by atoms with Crippen LogP contribution in [0.15, 0.2) is 24.3 Å². The minimum absolute atomic E-state index is 0.0892. The number of carbonyl (C=O) groups is 1. The van der Waals surface area contributed by atoms with Gasteiger partial charge in [-0.15, -0.1) is 0 Å². The molecule has 0 saturated carbocycles. The molecule has 2 heterocycles. The number of nitrogens with zero attached hydrogens (tertiary/aromatic N) is 2. The van der Waals surface area contributed by atoms with Crippen LogP contribution in [0, 0.1) is 6.92 Å². The Morgan fingerprint density at radius 3 is 1.96 bits per heavy atom. The number of hydrogen-bond acceptors (Lipinski definition) is 3. The SMILES string of the molecule is CC.Cc1ccc(C2(N3CCN(C(=O)C(F)(F)F)CC3)COC2)cc1. The molecule has 0 radical (unpaired) electrons. The number of aryl methyl sites for hydroxylation is 1. The van der Waals surface area contributed by atoms with E-state index in [2.05, 4.69) is 4.90 Å². The summed E-state index contributed by atoms with van der Waals surface area (Å²) in [6.07, 6.45) is -4.80. The molecule has 3 rings (SSSR count). The summed E-state index contributed by atoms with van der Waals surface area (Å²) in [5.74, 6) is -1.74. The van der Waals surface area contributed by atoms with Gasteiger partial charge in [-0.25, -0.2) is 0 Å². The zero-order chi connectivity index (χ0) is 18.7. The van der Waals surface area contributed by atoms with Crippen molar-refractivity contribution in [3.05, 3.63) is 35.4 Å². The maximum absolute atomic E-state index is 12.5. The van der Waals surface area contributed by atoms with Crippen LogP contribution in [0.5, 0.6) is 0 Å². The summed E-state index contributed by atoms with van der Waals surface area (Å²) in [7, 11) is 0. The van der Waals surface area contributed by atoms with E-state index in [9.17, 15) is 18.0 Å². The maximum atomic E-state index is 12.5. The van der Waals surface area contributed by atoms with E-state index in [1.165, 1.54) is 0 Å². The van der Waals surface area contributed by atoms with Crippen molar-refractivity contribution >= 4 is 5.91 Å². The van der Waals surface area contributed by atoms with Crippen LogP contribution in [0.25, 0.3) is 0 Å². The van der Waals surface area contributed by atoms with Gasteiger partial charge < -0.3 is 9.64 Å². The molecule has 1 aromatic rings. The van der Waals surface area contributed by atoms with Gasteiger partial charge in [-0.1, -0.05) is 43.7 Å². The smallest absolute Gasteiger partial charge is 0.377 e. The number of ether oxygens (including phenoxy) is 1. The standard InChI is InChI=1S/C16H19F3N2O2.C2H6/c1-12-2-4-13(5-3-12)15(10-23-11-15)21-8-6-20(7-9-21)14(22)16(17,18)19;1-2/h2-5H,6-11H2,1H3;1-2H3. The highest BCUT2D eigenvalue weighted by molar-refractivity contribution is 5.81. The third-order valence-corrected chi connectivity index (χ3v) is 4.69. The number of carbonyl (C=O) groups excluding carboxylic acids is 1. The molecule has 140 valence electrons. The number of rotatable bonds is 2. The summed E-state index contributed by atoms with van der Waals surface area (Å²) in [6.45, 7) is 8.08. The molecule has 2 aliphatic rings. The first kappa shape index (κ1) is 19.7. The molecule has 0 spiro atoms. The second kappa shape index (κ2) is 7.74. The van der Waals surface area contributed by atoms with Crippen molar-refractivity contribution in [2.75, 3.05) is 39.4 Å². The predicted octanol–water partition coefficient (Wildman–Crippen LogP) is 2.95. The van der Waals surface area contributed by atoms with Crippen LogP contribution in [-0.2, 0) is 15.1 Å². The fourth-order valence-electron chi connectivity index (χ4n) is 3.21. The molecule has 1 aromatic carbocycles. The Hall–Kier alpha value is -1.60. The van der Waals surface area contributed by atoms with Crippen molar-refractivity contribution in [2.45, 2.75) is 32.5 Å². The van der Waals surface area contributed by atoms with Crippen molar-refractivity contribution < 1.29 is 22.7 Å². The number of benzene rings is 1. The van der Waals surface area contributed by atoms with Crippen LogP contribution in [0.2, 0.25) is 0 Å². The van der Waals surface area contributed by atoms with Gasteiger partial charge >= 0.3 is 12.1 Å². The molecule has 0 aliphatic carbocycles. The molecule has 7 heteroatoms. The summed E-state index contributed by atoms with van der Waals surface area (Å²) in [4.78, 5) is 14.4. The number of hydrogen-bond donors (Lipinski definition) is 0. The van der Waals surface area contributed by atoms with Gasteiger partial charge in [0.25, 0.3) is 0 Å². The average Bonchev–Trinajstić information content (AvgIpc) is 2.56. The van der Waals surface area contributed by atoms with Gasteiger partial charge in [0.05, 0.1) is 18.8 Å². The van der Waals surface area contributed by atoms with E-state index < -0.39 is 12.1 Å². The van der Waals surface area contributed by atoms with E-state index in [1.807, 2.05) is 45.0 Å². The molecule has 25 heavy (non-hydrogen) atoms. The van der Waals surface area contributed by atoms with E-state index in [1.54, 1.807) is 0 Å². The Morgan fingerprint density at radius 2 is 1.56 bits per heavy atom. The average molecular weight is 358 g/mol. The molecule has 1 amide bonds. The Balaban J connectivity index is 0.00000109. The van der Waals surface area contributed by atoms with Gasteiger partial charge in [0, 0.05) is 26.2 Å². The molecule has 4 nitrogen and oxygen atoms in total. The number of amides is 1. The lowest BCUT2D eigenvalue weighted by Crippen LogP contribution is -2.65. The van der Waals surface area contributed by atoms with Crippen LogP contribution in [0.4, 0.5) is 13.2 Å². The summed E-state index contributed by atoms with van der Waals surface area (Å²) in [6, 6.07) is 8.15. The summed E-state index contributed by atoms with van der Waals surface area (Å²) in [5, 5.41) is 0. The molecule has 0 aromatic heterocycles. The Kier molecular flexibility index (Phi) is 6.11. The second-order valence-electron chi connectivity index (χ2n) is 6.17. The lowest BCUT2D eigenvalue weighted by molar-refractivity contribution is -0.192. The van der Waals surface area contributed by atoms with Crippen LogP contribution in [-0.4, -0.2) is 61.3 Å². The molecule has 2 saturated heterocycles. The van der Waals surface area contributed by atoms with E-state index >= 15 is 0 Å². The van der Waals surface area contributed by atoms with Crippen LogP contribution in [0.3, 0.4) is 0 Å². The first-order valence-corrected chi connectivity index (χ1v) is 8.59. The molecule has 0 atom stereocenters. The van der Waals surface area contributed by atoms with Crippen LogP contribution < -0.4 is 0 Å². The van der Waals surface area contributed by atoms with Gasteiger partial charge in [-0.05, 0) is 12.5 Å². The second-order valence-corrected chi connectivity index (χ2v) is 6.17. The number of halogens is 3. The predicted molar refractivity (Wildman–Crippen MR) is 89.2 cm³/mol.